The van der Waals surface area contributed by atoms with Crippen LogP contribution in [0.5, 0.6) is 11.5 Å². The minimum absolute atomic E-state index is 0.404. The van der Waals surface area contributed by atoms with E-state index >= 15 is 0 Å². The van der Waals surface area contributed by atoms with Gasteiger partial charge in [-0.15, -0.1) is 0 Å². The molecule has 5 rings (SSSR count). The number of hydrogen-bond donors (Lipinski definition) is 11. The fraction of sp³-hybridized carbons (Fsp3) is 0.481. The molecule has 0 saturated carbocycles. The van der Waals surface area contributed by atoms with Gasteiger partial charge >= 0.3 is 5.97 Å². The number of ether oxygens (including phenoxy) is 3. The highest BCUT2D eigenvalue weighted by Crippen LogP contribution is 2.50. The molecule has 0 spiro atoms. The first-order valence-corrected chi connectivity index (χ1v) is 13.1. The van der Waals surface area contributed by atoms with Gasteiger partial charge in [-0.05, 0) is 18.2 Å². The lowest BCUT2D eigenvalue weighted by molar-refractivity contribution is -0.277. The number of aliphatic hydroxyl groups excluding tert-OH is 8. The molecule has 43 heavy (non-hydrogen) atoms. The molecule has 2 aromatic carbocycles. The lowest BCUT2D eigenvalue weighted by atomic mass is 9.68. The molecule has 1 aliphatic carbocycles. The quantitative estimate of drug-likeness (QED) is 0.148. The highest BCUT2D eigenvalue weighted by molar-refractivity contribution is 6.16. The Balaban J connectivity index is 1.71. The predicted molar refractivity (Wildman–Crippen MR) is 136 cm³/mol. The van der Waals surface area contributed by atoms with Crippen LogP contribution in [-0.2, 0) is 15.1 Å². The molecule has 3 aliphatic rings. The summed E-state index contributed by atoms with van der Waals surface area (Å²) in [5.41, 5.74) is -5.48. The van der Waals surface area contributed by atoms with Crippen molar-refractivity contribution in [2.45, 2.75) is 66.8 Å². The number of phenolic OH excluding ortho intramolecular Hbond substituents is 1. The monoisotopic (exact) mass is 610 g/mol. The first-order valence-electron chi connectivity index (χ1n) is 13.1. The number of carbonyl (C=O) groups is 2. The summed E-state index contributed by atoms with van der Waals surface area (Å²) in [6.07, 6.45) is -18.2. The van der Waals surface area contributed by atoms with Gasteiger partial charge in [-0.3, -0.25) is 4.79 Å². The second-order valence-corrected chi connectivity index (χ2v) is 10.6. The first kappa shape index (κ1) is 31.2. The standard InChI is InChI=1S/C27H30O16/c28-6-13-17(31)20(34)22(36)24(41-13)27(40)9-2-1-3-12(42-26-23(37)21(35)18(32)14(7-29)43-26)16(9)19(33)15-10(27)4-8(25(38)39)5-11(15)30/h1-5,13-14,17-18,20-24,26,28-32,34-37,40H,6-7H2,(H,38,39)/t13-,14-,17-,18-,20+,21+,22-,23-,24-,26-,27?/m1/s1. The molecule has 234 valence electrons. The zero-order chi connectivity index (χ0) is 31.5. The Hall–Kier alpha value is -3.26. The minimum atomic E-state index is -2.77. The molecule has 0 radical (unpaired) electrons. The maximum absolute atomic E-state index is 13.9. The molecule has 2 heterocycles. The Bertz CT molecular complexity index is 1410. The van der Waals surface area contributed by atoms with E-state index in [4.69, 9.17) is 14.2 Å². The summed E-state index contributed by atoms with van der Waals surface area (Å²) < 4.78 is 16.7. The molecule has 0 amide bonds. The zero-order valence-corrected chi connectivity index (χ0v) is 22.0. The van der Waals surface area contributed by atoms with Gasteiger partial charge in [0.25, 0.3) is 0 Å². The molecule has 11 N–H and O–H groups in total. The normalized spacial score (nSPS) is 37.4. The van der Waals surface area contributed by atoms with Crippen molar-refractivity contribution in [3.63, 3.8) is 0 Å². The van der Waals surface area contributed by atoms with Crippen molar-refractivity contribution >= 4 is 11.8 Å². The van der Waals surface area contributed by atoms with Crippen LogP contribution < -0.4 is 4.74 Å². The largest absolute Gasteiger partial charge is 0.507 e. The fourth-order valence-corrected chi connectivity index (χ4v) is 5.78. The van der Waals surface area contributed by atoms with Crippen molar-refractivity contribution in [2.24, 2.45) is 0 Å². The Labute approximate surface area is 241 Å². The molecule has 1 unspecified atom stereocenters. The number of hydrogen-bond acceptors (Lipinski definition) is 15. The van der Waals surface area contributed by atoms with Crippen LogP contribution in [0.4, 0.5) is 0 Å². The molecule has 0 bridgehead atoms. The number of benzene rings is 2. The highest BCUT2D eigenvalue weighted by atomic mass is 16.7. The minimum Gasteiger partial charge on any atom is -0.507 e. The number of fused-ring (bicyclic) bond motifs is 2. The number of rotatable bonds is 6. The van der Waals surface area contributed by atoms with Crippen molar-refractivity contribution in [3.8, 4) is 11.5 Å². The third-order valence-corrected chi connectivity index (χ3v) is 8.06. The summed E-state index contributed by atoms with van der Waals surface area (Å²) >= 11 is 0. The van der Waals surface area contributed by atoms with Crippen LogP contribution in [0.15, 0.2) is 30.3 Å². The predicted octanol–water partition coefficient (Wildman–Crippen LogP) is -4.11. The molecular formula is C27H30O16. The van der Waals surface area contributed by atoms with Gasteiger partial charge < -0.3 is 70.4 Å². The van der Waals surface area contributed by atoms with Gasteiger partial charge in [-0.25, -0.2) is 4.79 Å². The van der Waals surface area contributed by atoms with Crippen LogP contribution in [0.25, 0.3) is 0 Å². The van der Waals surface area contributed by atoms with Gasteiger partial charge in [0, 0.05) is 11.1 Å². The van der Waals surface area contributed by atoms with Crippen molar-refractivity contribution in [3.05, 3.63) is 58.1 Å². The average Bonchev–Trinajstić information content (AvgIpc) is 2.98. The second-order valence-electron chi connectivity index (χ2n) is 10.6. The second kappa shape index (κ2) is 11.3. The number of carbonyl (C=O) groups excluding carboxylic acids is 1. The molecule has 11 atom stereocenters. The summed E-state index contributed by atoms with van der Waals surface area (Å²) in [6.45, 7) is -1.68. The molecule has 2 aliphatic heterocycles. The molecule has 2 aromatic rings. The summed E-state index contributed by atoms with van der Waals surface area (Å²) in [7, 11) is 0. The van der Waals surface area contributed by atoms with Crippen LogP contribution in [0, 0.1) is 0 Å². The van der Waals surface area contributed by atoms with Crippen molar-refractivity contribution in [1.82, 2.24) is 0 Å². The van der Waals surface area contributed by atoms with Crippen molar-refractivity contribution in [1.29, 1.82) is 0 Å². The Morgan fingerprint density at radius 2 is 1.42 bits per heavy atom. The van der Waals surface area contributed by atoms with Crippen LogP contribution >= 0.6 is 0 Å². The topological polar surface area (TPSA) is 284 Å². The van der Waals surface area contributed by atoms with Crippen LogP contribution in [0.1, 0.15) is 37.4 Å². The lowest BCUT2D eigenvalue weighted by Gasteiger charge is -2.49. The number of aliphatic hydroxyl groups is 9. The molecule has 16 heteroatoms. The van der Waals surface area contributed by atoms with Gasteiger partial charge in [0.2, 0.25) is 12.1 Å². The summed E-state index contributed by atoms with van der Waals surface area (Å²) in [5.74, 6) is -3.93. The number of aromatic carboxylic acids is 1. The summed E-state index contributed by atoms with van der Waals surface area (Å²) in [6, 6.07) is 5.18. The van der Waals surface area contributed by atoms with Crippen molar-refractivity contribution < 1.29 is 80.0 Å². The van der Waals surface area contributed by atoms with Gasteiger partial charge in [0.15, 0.2) is 0 Å². The van der Waals surface area contributed by atoms with Gasteiger partial charge in [-0.2, -0.15) is 0 Å². The van der Waals surface area contributed by atoms with E-state index in [0.29, 0.717) is 0 Å². The molecule has 0 aromatic heterocycles. The van der Waals surface area contributed by atoms with E-state index in [9.17, 15) is 65.8 Å². The van der Waals surface area contributed by atoms with Crippen LogP contribution in [0.2, 0.25) is 0 Å². The number of ketones is 1. The Kier molecular flexibility index (Phi) is 8.22. The maximum Gasteiger partial charge on any atom is 0.335 e. The number of aromatic hydroxyl groups is 1. The smallest absolute Gasteiger partial charge is 0.335 e. The molecule has 2 saturated heterocycles. The fourth-order valence-electron chi connectivity index (χ4n) is 5.78. The Morgan fingerprint density at radius 1 is 0.814 bits per heavy atom. The third-order valence-electron chi connectivity index (χ3n) is 8.06. The molecular weight excluding hydrogens is 580 g/mol. The number of phenols is 1. The number of carboxylic acid groups (broad SMARTS) is 1. The third kappa shape index (κ3) is 4.77. The zero-order valence-electron chi connectivity index (χ0n) is 22.0. The van der Waals surface area contributed by atoms with E-state index in [1.807, 2.05) is 0 Å². The molecule has 16 nitrogen and oxygen atoms in total. The van der Waals surface area contributed by atoms with E-state index in [-0.39, 0.29) is 0 Å². The van der Waals surface area contributed by atoms with E-state index in [2.05, 4.69) is 0 Å². The highest BCUT2D eigenvalue weighted by Gasteiger charge is 2.58. The van der Waals surface area contributed by atoms with E-state index in [1.54, 1.807) is 0 Å². The van der Waals surface area contributed by atoms with Gasteiger partial charge in [0.05, 0.1) is 29.9 Å². The molecule has 2 fully saturated rings. The van der Waals surface area contributed by atoms with E-state index < -0.39 is 131 Å². The first-order chi connectivity index (χ1) is 20.3. The SMILES string of the molecule is O=C(O)c1cc(O)c2c(c1)C(O)([C@@H]1O[C@H](CO)[C@@H](O)[C@H](O)[C@H]1O)c1cccc(O[C@@H]3O[C@H](CO)[C@@H](O)[C@H](O)[C@H]3O)c1C2=O. The lowest BCUT2D eigenvalue weighted by Crippen LogP contribution is -2.65. The average molecular weight is 611 g/mol. The number of carboxylic acids is 1. The summed E-state index contributed by atoms with van der Waals surface area (Å²) in [5, 5.41) is 115. The van der Waals surface area contributed by atoms with Gasteiger partial charge in [0.1, 0.15) is 72.0 Å². The van der Waals surface area contributed by atoms with E-state index in [1.165, 1.54) is 18.2 Å². The van der Waals surface area contributed by atoms with Crippen LogP contribution in [-0.4, -0.2) is 142 Å². The van der Waals surface area contributed by atoms with Crippen LogP contribution in [0.3, 0.4) is 0 Å². The Morgan fingerprint density at radius 3 is 2.02 bits per heavy atom. The summed E-state index contributed by atoms with van der Waals surface area (Å²) in [4.78, 5) is 25.8. The van der Waals surface area contributed by atoms with E-state index in [0.717, 1.165) is 12.1 Å². The maximum atomic E-state index is 13.9. The van der Waals surface area contributed by atoms with Gasteiger partial charge in [-0.1, -0.05) is 12.1 Å². The van der Waals surface area contributed by atoms with Crippen molar-refractivity contribution in [2.75, 3.05) is 13.2 Å².